The molecule has 1 aliphatic rings. The highest BCUT2D eigenvalue weighted by Crippen LogP contribution is 2.34. The molecule has 1 unspecified atom stereocenters. The van der Waals surface area contributed by atoms with Gasteiger partial charge in [0.25, 0.3) is 5.91 Å². The Bertz CT molecular complexity index is 896. The molecule has 3 rings (SSSR count). The van der Waals surface area contributed by atoms with Gasteiger partial charge in [0.15, 0.2) is 0 Å². The van der Waals surface area contributed by atoms with Crippen molar-refractivity contribution in [2.24, 2.45) is 0 Å². The molecule has 0 bridgehead atoms. The second kappa shape index (κ2) is 7.03. The third-order valence-electron chi connectivity index (χ3n) is 4.46. The molecule has 1 aliphatic heterocycles. The zero-order valence-electron chi connectivity index (χ0n) is 13.7. The first-order valence-electron chi connectivity index (χ1n) is 8.03. The van der Waals surface area contributed by atoms with Crippen LogP contribution in [0.3, 0.4) is 0 Å². The van der Waals surface area contributed by atoms with Gasteiger partial charge in [-0.3, -0.25) is 4.79 Å². The van der Waals surface area contributed by atoms with Gasteiger partial charge in [0.1, 0.15) is 5.75 Å². The van der Waals surface area contributed by atoms with Crippen LogP contribution < -0.4 is 0 Å². The topological polar surface area (TPSA) is 74.7 Å². The summed E-state index contributed by atoms with van der Waals surface area (Å²) in [5.41, 5.74) is 1.13. The van der Waals surface area contributed by atoms with Crippen LogP contribution in [0.5, 0.6) is 5.75 Å². The Kier molecular flexibility index (Phi) is 4.95. The summed E-state index contributed by atoms with van der Waals surface area (Å²) in [6.45, 7) is 0.543. The summed E-state index contributed by atoms with van der Waals surface area (Å²) in [7, 11) is -4.68. The molecular weight excluding hydrogens is 364 g/mol. The zero-order valence-corrected chi connectivity index (χ0v) is 14.5. The van der Waals surface area contributed by atoms with E-state index in [1.165, 1.54) is 12.1 Å². The second-order valence-electron chi connectivity index (χ2n) is 6.08. The van der Waals surface area contributed by atoms with E-state index in [-0.39, 0.29) is 23.3 Å². The summed E-state index contributed by atoms with van der Waals surface area (Å²) >= 11 is 0. The maximum Gasteiger partial charge on any atom is 0.341 e. The Balaban J connectivity index is 1.83. The van der Waals surface area contributed by atoms with Gasteiger partial charge in [-0.05, 0) is 54.8 Å². The van der Waals surface area contributed by atoms with E-state index in [1.54, 1.807) is 29.2 Å². The molecule has 0 aliphatic carbocycles. The Morgan fingerprint density at radius 2 is 1.69 bits per heavy atom. The van der Waals surface area contributed by atoms with Crippen molar-refractivity contribution >= 4 is 15.7 Å². The molecule has 26 heavy (non-hydrogen) atoms. The largest absolute Gasteiger partial charge is 0.508 e. The fourth-order valence-corrected chi connectivity index (χ4v) is 3.83. The molecule has 2 aromatic carbocycles. The molecule has 5 nitrogen and oxygen atoms in total. The average molecular weight is 381 g/mol. The van der Waals surface area contributed by atoms with Crippen LogP contribution in [0.1, 0.15) is 34.8 Å². The monoisotopic (exact) mass is 381 g/mol. The summed E-state index contributed by atoms with van der Waals surface area (Å²) in [4.78, 5) is 13.9. The Hall–Kier alpha value is -2.48. The number of likely N-dealkylation sites (tertiary alicyclic amines) is 1. The molecule has 8 heteroatoms. The first kappa shape index (κ1) is 18.3. The van der Waals surface area contributed by atoms with Crippen LogP contribution in [0.4, 0.5) is 8.78 Å². The van der Waals surface area contributed by atoms with Gasteiger partial charge in [-0.25, -0.2) is 8.42 Å². The molecule has 1 heterocycles. The summed E-state index contributed by atoms with van der Waals surface area (Å²) < 4.78 is 48.1. The van der Waals surface area contributed by atoms with E-state index in [0.717, 1.165) is 30.5 Å². The second-order valence-corrected chi connectivity index (χ2v) is 8.00. The normalized spacial score (nSPS) is 17.7. The maximum absolute atomic E-state index is 12.8. The summed E-state index contributed by atoms with van der Waals surface area (Å²) in [6, 6.07) is 11.0. The number of carbonyl (C=O) groups is 1. The van der Waals surface area contributed by atoms with Gasteiger partial charge in [0.2, 0.25) is 9.84 Å². The van der Waals surface area contributed by atoms with Crippen LogP contribution in [0.2, 0.25) is 0 Å². The van der Waals surface area contributed by atoms with Crippen molar-refractivity contribution < 1.29 is 27.1 Å². The van der Waals surface area contributed by atoms with E-state index in [1.807, 2.05) is 0 Å². The highest BCUT2D eigenvalue weighted by Gasteiger charge is 2.31. The van der Waals surface area contributed by atoms with Gasteiger partial charge >= 0.3 is 5.76 Å². The minimum absolute atomic E-state index is 0.139. The first-order chi connectivity index (χ1) is 12.3. The van der Waals surface area contributed by atoms with E-state index in [2.05, 4.69) is 0 Å². The van der Waals surface area contributed by atoms with Gasteiger partial charge in [0.05, 0.1) is 10.9 Å². The maximum atomic E-state index is 12.8. The molecule has 0 aromatic heterocycles. The number of rotatable bonds is 4. The number of nitrogens with zero attached hydrogens (tertiary/aromatic N) is 1. The minimum atomic E-state index is -4.68. The molecule has 0 saturated carbocycles. The van der Waals surface area contributed by atoms with E-state index in [4.69, 9.17) is 0 Å². The van der Waals surface area contributed by atoms with Crippen LogP contribution >= 0.6 is 0 Å². The minimum Gasteiger partial charge on any atom is -0.508 e. The lowest BCUT2D eigenvalue weighted by Crippen LogP contribution is -2.30. The molecule has 1 amide bonds. The lowest BCUT2D eigenvalue weighted by atomic mass is 10.0. The Morgan fingerprint density at radius 3 is 2.27 bits per heavy atom. The zero-order chi connectivity index (χ0) is 18.9. The quantitative estimate of drug-likeness (QED) is 0.881. The molecule has 0 spiro atoms. The van der Waals surface area contributed by atoms with Crippen molar-refractivity contribution in [3.63, 3.8) is 0 Å². The van der Waals surface area contributed by atoms with E-state index >= 15 is 0 Å². The Morgan fingerprint density at radius 1 is 1.08 bits per heavy atom. The van der Waals surface area contributed by atoms with Crippen molar-refractivity contribution in [3.05, 3.63) is 59.7 Å². The van der Waals surface area contributed by atoms with Crippen LogP contribution in [-0.4, -0.2) is 36.6 Å². The predicted octanol–water partition coefficient (Wildman–Crippen LogP) is 3.37. The molecule has 1 fully saturated rings. The lowest BCUT2D eigenvalue weighted by molar-refractivity contribution is 0.0735. The molecular formula is C18H17F2NO4S. The van der Waals surface area contributed by atoms with E-state index in [0.29, 0.717) is 6.54 Å². The van der Waals surface area contributed by atoms with E-state index in [9.17, 15) is 27.1 Å². The lowest BCUT2D eigenvalue weighted by Gasteiger charge is -2.25. The van der Waals surface area contributed by atoms with Crippen molar-refractivity contribution in [1.29, 1.82) is 0 Å². The number of hydrogen-bond acceptors (Lipinski definition) is 4. The number of sulfone groups is 1. The van der Waals surface area contributed by atoms with Gasteiger partial charge in [0, 0.05) is 12.1 Å². The number of amides is 1. The van der Waals surface area contributed by atoms with Crippen LogP contribution in [0.25, 0.3) is 0 Å². The number of phenols is 1. The third-order valence-corrected chi connectivity index (χ3v) is 5.85. The molecule has 0 radical (unpaired) electrons. The SMILES string of the molecule is O=C(c1ccc(S(=O)(=O)C(F)F)cc1)N1CCCC1c1ccc(O)cc1. The third kappa shape index (κ3) is 3.41. The average Bonchev–Trinajstić information content (AvgIpc) is 3.11. The Labute approximate surface area is 149 Å². The van der Waals surface area contributed by atoms with Crippen molar-refractivity contribution in [1.82, 2.24) is 4.90 Å². The fourth-order valence-electron chi connectivity index (χ4n) is 3.11. The highest BCUT2D eigenvalue weighted by molar-refractivity contribution is 7.91. The molecule has 1 saturated heterocycles. The number of aromatic hydroxyl groups is 1. The van der Waals surface area contributed by atoms with Gasteiger partial charge in [-0.2, -0.15) is 8.78 Å². The van der Waals surface area contributed by atoms with Gasteiger partial charge in [-0.15, -0.1) is 0 Å². The van der Waals surface area contributed by atoms with Gasteiger partial charge < -0.3 is 10.0 Å². The van der Waals surface area contributed by atoms with Crippen LogP contribution in [0, 0.1) is 0 Å². The van der Waals surface area contributed by atoms with E-state index < -0.39 is 20.5 Å². The highest BCUT2D eigenvalue weighted by atomic mass is 32.2. The molecule has 2 aromatic rings. The smallest absolute Gasteiger partial charge is 0.341 e. The van der Waals surface area contributed by atoms with Gasteiger partial charge in [-0.1, -0.05) is 12.1 Å². The number of halogens is 2. The number of phenolic OH excluding ortho intramolecular Hbond substituents is 1. The van der Waals surface area contributed by atoms with Crippen molar-refractivity contribution in [2.45, 2.75) is 29.5 Å². The number of carbonyl (C=O) groups excluding carboxylic acids is 1. The number of alkyl halides is 2. The summed E-state index contributed by atoms with van der Waals surface area (Å²) in [6.07, 6.45) is 1.59. The predicted molar refractivity (Wildman–Crippen MR) is 90.8 cm³/mol. The van der Waals surface area contributed by atoms with Crippen molar-refractivity contribution in [2.75, 3.05) is 6.54 Å². The summed E-state index contributed by atoms with van der Waals surface area (Å²) in [5, 5.41) is 9.40. The number of hydrogen-bond donors (Lipinski definition) is 1. The fraction of sp³-hybridized carbons (Fsp3) is 0.278. The van der Waals surface area contributed by atoms with Crippen molar-refractivity contribution in [3.8, 4) is 5.75 Å². The molecule has 138 valence electrons. The van der Waals surface area contributed by atoms with Crippen LogP contribution in [-0.2, 0) is 9.84 Å². The molecule has 1 N–H and O–H groups in total. The number of benzene rings is 2. The van der Waals surface area contributed by atoms with Crippen LogP contribution in [0.15, 0.2) is 53.4 Å². The summed E-state index contributed by atoms with van der Waals surface area (Å²) in [5.74, 6) is -3.65. The first-order valence-corrected chi connectivity index (χ1v) is 9.57. The standard InChI is InChI=1S/C18H17F2NO4S/c19-18(20)26(24,25)15-9-5-13(6-10-15)17(23)21-11-1-2-16(21)12-3-7-14(22)8-4-12/h3-10,16,18,22H,1-2,11H2. The molecule has 1 atom stereocenters.